The van der Waals surface area contributed by atoms with E-state index in [0.29, 0.717) is 4.47 Å². The fourth-order valence-corrected chi connectivity index (χ4v) is 2.18. The second kappa shape index (κ2) is 4.10. The molecule has 0 aliphatic carbocycles. The summed E-state index contributed by atoms with van der Waals surface area (Å²) < 4.78 is 0.691. The quantitative estimate of drug-likeness (QED) is 0.765. The number of amides is 1. The molecule has 0 N–H and O–H groups in total. The number of hydrogen-bond acceptors (Lipinski definition) is 1. The van der Waals surface area contributed by atoms with Crippen molar-refractivity contribution in [3.8, 4) is 6.57 Å². The number of benzene rings is 1. The van der Waals surface area contributed by atoms with Crippen LogP contribution in [0.1, 0.15) is 10.4 Å². The van der Waals surface area contributed by atoms with E-state index in [4.69, 9.17) is 29.8 Å². The molecule has 0 saturated heterocycles. The highest BCUT2D eigenvalue weighted by molar-refractivity contribution is 9.10. The molecule has 1 aromatic rings. The van der Waals surface area contributed by atoms with Gasteiger partial charge in [0.05, 0.1) is 10.0 Å². The summed E-state index contributed by atoms with van der Waals surface area (Å²) in [5, 5.41) is 0.442. The molecule has 0 radical (unpaired) electrons. The van der Waals surface area contributed by atoms with Crippen molar-refractivity contribution in [2.75, 3.05) is 0 Å². The van der Waals surface area contributed by atoms with Crippen molar-refractivity contribution in [2.24, 2.45) is 0 Å². The van der Waals surface area contributed by atoms with Gasteiger partial charge < -0.3 is 0 Å². The van der Waals surface area contributed by atoms with Crippen molar-refractivity contribution in [1.82, 2.24) is 0 Å². The Morgan fingerprint density at radius 2 is 1.85 bits per heavy atom. The van der Waals surface area contributed by atoms with E-state index in [1.54, 1.807) is 12.1 Å². The molecule has 0 heterocycles. The van der Waals surface area contributed by atoms with Crippen LogP contribution in [0.3, 0.4) is 0 Å². The third kappa shape index (κ3) is 2.22. The van der Waals surface area contributed by atoms with Crippen LogP contribution in [0.5, 0.6) is 0 Å². The van der Waals surface area contributed by atoms with E-state index < -0.39 is 5.91 Å². The zero-order valence-corrected chi connectivity index (χ0v) is 9.32. The lowest BCUT2D eigenvalue weighted by atomic mass is 10.2. The van der Waals surface area contributed by atoms with Gasteiger partial charge in [-0.1, -0.05) is 39.1 Å². The SMILES string of the molecule is C#[N+]C(=O)c1c(Cl)cc(Br)cc1Cl. The van der Waals surface area contributed by atoms with Crippen LogP contribution in [0.2, 0.25) is 10.0 Å². The molecule has 0 saturated carbocycles. The highest BCUT2D eigenvalue weighted by Crippen LogP contribution is 2.29. The van der Waals surface area contributed by atoms with Gasteiger partial charge in [-0.2, -0.15) is 4.79 Å². The van der Waals surface area contributed by atoms with E-state index in [1.807, 2.05) is 0 Å². The molecule has 13 heavy (non-hydrogen) atoms. The lowest BCUT2D eigenvalue weighted by molar-refractivity contribution is 0.104. The van der Waals surface area contributed by atoms with Gasteiger partial charge in [-0.15, -0.1) is 0 Å². The minimum Gasteiger partial charge on any atom is -0.196 e. The molecule has 2 nitrogen and oxygen atoms in total. The van der Waals surface area contributed by atoms with E-state index in [-0.39, 0.29) is 15.6 Å². The molecule has 5 heteroatoms. The summed E-state index contributed by atoms with van der Waals surface area (Å²) in [7, 11) is 0. The highest BCUT2D eigenvalue weighted by atomic mass is 79.9. The van der Waals surface area contributed by atoms with Gasteiger partial charge in [-0.05, 0) is 12.1 Å². The Bertz CT molecular complexity index is 388. The number of carbonyl (C=O) groups is 1. The Kier molecular flexibility index (Phi) is 3.32. The molecule has 0 unspecified atom stereocenters. The summed E-state index contributed by atoms with van der Waals surface area (Å²) >= 11 is 14.7. The van der Waals surface area contributed by atoms with Crippen molar-refractivity contribution < 1.29 is 4.79 Å². The Hall–Kier alpha value is -0.560. The first-order chi connectivity index (χ1) is 6.06. The zero-order chi connectivity index (χ0) is 10.0. The van der Waals surface area contributed by atoms with Crippen LogP contribution in [0.25, 0.3) is 4.85 Å². The maximum Gasteiger partial charge on any atom is 0.550 e. The Balaban J connectivity index is 3.39. The number of rotatable bonds is 1. The predicted molar refractivity (Wildman–Crippen MR) is 56.8 cm³/mol. The predicted octanol–water partition coefficient (Wildman–Crippen LogP) is 3.86. The molecular formula is C8H3BrCl2NO+. The van der Waals surface area contributed by atoms with Crippen LogP contribution in [0, 0.1) is 6.57 Å². The van der Waals surface area contributed by atoms with E-state index in [9.17, 15) is 4.79 Å². The maximum absolute atomic E-state index is 11.1. The van der Waals surface area contributed by atoms with Gasteiger partial charge in [0.25, 0.3) is 6.57 Å². The normalized spacial score (nSPS) is 9.38. The third-order valence-electron chi connectivity index (χ3n) is 1.34. The van der Waals surface area contributed by atoms with Gasteiger partial charge in [0, 0.05) is 9.32 Å². The molecule has 0 atom stereocenters. The van der Waals surface area contributed by atoms with Crippen LogP contribution < -0.4 is 0 Å². The first-order valence-corrected chi connectivity index (χ1v) is 4.71. The lowest BCUT2D eigenvalue weighted by Crippen LogP contribution is -1.94. The van der Waals surface area contributed by atoms with Crippen LogP contribution in [-0.2, 0) is 0 Å². The molecule has 0 fully saturated rings. The lowest BCUT2D eigenvalue weighted by Gasteiger charge is -1.97. The van der Waals surface area contributed by atoms with Crippen LogP contribution >= 0.6 is 39.1 Å². The van der Waals surface area contributed by atoms with E-state index in [2.05, 4.69) is 20.8 Å². The summed E-state index contributed by atoms with van der Waals surface area (Å²) in [6, 6.07) is 3.09. The molecule has 1 aromatic carbocycles. The van der Waals surface area contributed by atoms with Gasteiger partial charge in [-0.25, -0.2) is 0 Å². The topological polar surface area (TPSA) is 21.4 Å². The van der Waals surface area contributed by atoms with Crippen LogP contribution in [0.15, 0.2) is 16.6 Å². The Morgan fingerprint density at radius 1 is 1.38 bits per heavy atom. The number of carbonyl (C=O) groups excluding carboxylic acids is 1. The Morgan fingerprint density at radius 3 is 2.23 bits per heavy atom. The number of hydrogen-bond donors (Lipinski definition) is 0. The van der Waals surface area contributed by atoms with E-state index in [1.165, 1.54) is 0 Å². The minimum atomic E-state index is -0.637. The van der Waals surface area contributed by atoms with Gasteiger partial charge in [0.15, 0.2) is 0 Å². The third-order valence-corrected chi connectivity index (χ3v) is 2.39. The van der Waals surface area contributed by atoms with Gasteiger partial charge in [0.2, 0.25) is 0 Å². The summed E-state index contributed by atoms with van der Waals surface area (Å²) in [5.41, 5.74) is 0.119. The largest absolute Gasteiger partial charge is 0.550 e. The smallest absolute Gasteiger partial charge is 0.196 e. The zero-order valence-electron chi connectivity index (χ0n) is 6.22. The summed E-state index contributed by atoms with van der Waals surface area (Å²) in [4.78, 5) is 14.1. The van der Waals surface area contributed by atoms with Crippen molar-refractivity contribution >= 4 is 45.0 Å². The van der Waals surface area contributed by atoms with Crippen molar-refractivity contribution in [3.05, 3.63) is 37.1 Å². The van der Waals surface area contributed by atoms with E-state index >= 15 is 0 Å². The minimum absolute atomic E-state index is 0.119. The molecule has 1 amide bonds. The standard InChI is InChI=1S/C8H3BrCl2NO/c1-12-8(13)7-5(10)2-4(9)3-6(7)11/h1-3H/q+1. The molecular weight excluding hydrogens is 277 g/mol. The molecule has 0 aliphatic heterocycles. The Labute approximate surface area is 93.4 Å². The second-order valence-corrected chi connectivity index (χ2v) is 3.91. The van der Waals surface area contributed by atoms with E-state index in [0.717, 1.165) is 0 Å². The molecule has 0 spiro atoms. The highest BCUT2D eigenvalue weighted by Gasteiger charge is 2.23. The molecule has 0 bridgehead atoms. The average Bonchev–Trinajstić information content (AvgIpc) is 2.02. The fourth-order valence-electron chi connectivity index (χ4n) is 0.811. The number of halogens is 3. The van der Waals surface area contributed by atoms with Crippen molar-refractivity contribution in [1.29, 1.82) is 0 Å². The van der Waals surface area contributed by atoms with Gasteiger partial charge >= 0.3 is 5.91 Å². The maximum atomic E-state index is 11.1. The first kappa shape index (κ1) is 10.5. The summed E-state index contributed by atoms with van der Waals surface area (Å²) in [6.45, 7) is 4.83. The van der Waals surface area contributed by atoms with Crippen molar-refractivity contribution in [2.45, 2.75) is 0 Å². The first-order valence-electron chi connectivity index (χ1n) is 3.16. The summed E-state index contributed by atoms with van der Waals surface area (Å²) in [6.07, 6.45) is 0. The van der Waals surface area contributed by atoms with Gasteiger partial charge in [-0.3, -0.25) is 0 Å². The molecule has 1 rings (SSSR count). The summed E-state index contributed by atoms with van der Waals surface area (Å²) in [5.74, 6) is -0.637. The molecule has 66 valence electrons. The number of nitrogens with zero attached hydrogens (tertiary/aromatic N) is 1. The van der Waals surface area contributed by atoms with Gasteiger partial charge in [0.1, 0.15) is 5.56 Å². The average molecular weight is 280 g/mol. The fraction of sp³-hybridized carbons (Fsp3) is 0. The second-order valence-electron chi connectivity index (χ2n) is 2.18. The van der Waals surface area contributed by atoms with Crippen molar-refractivity contribution in [3.63, 3.8) is 0 Å². The van der Waals surface area contributed by atoms with Crippen LogP contribution in [0.4, 0.5) is 0 Å². The monoisotopic (exact) mass is 278 g/mol. The molecule has 0 aromatic heterocycles. The van der Waals surface area contributed by atoms with Crippen LogP contribution in [-0.4, -0.2) is 5.91 Å². The molecule has 0 aliphatic rings.